The number of rotatable bonds is 0. The van der Waals surface area contributed by atoms with Crippen LogP contribution in [0.4, 0.5) is 0 Å². The van der Waals surface area contributed by atoms with E-state index in [1.165, 1.54) is 0 Å². The summed E-state index contributed by atoms with van der Waals surface area (Å²) in [6, 6.07) is 0. The van der Waals surface area contributed by atoms with Gasteiger partial charge in [0.1, 0.15) is 0 Å². The Labute approximate surface area is 205 Å². The Hall–Kier alpha value is 1.97. The number of hydrogen-bond donors (Lipinski definition) is 6. The van der Waals surface area contributed by atoms with Crippen LogP contribution in [0.5, 0.6) is 0 Å². The molecule has 0 heterocycles. The predicted octanol–water partition coefficient (Wildman–Crippen LogP) is -8.56. The zero-order valence-electron chi connectivity index (χ0n) is 11.2. The van der Waals surface area contributed by atoms with E-state index in [0.29, 0.717) is 0 Å². The molecule has 0 aliphatic carbocycles. The van der Waals surface area contributed by atoms with E-state index in [1.807, 2.05) is 0 Å². The molecule has 0 saturated heterocycles. The molecule has 172 valence electrons. The first-order chi connectivity index (χ1) is 6.00. The molecule has 22 N–H and O–H groups in total. The molecule has 0 spiro atoms. The van der Waals surface area contributed by atoms with Crippen molar-refractivity contribution in [3.63, 3.8) is 0 Å². The van der Waals surface area contributed by atoms with Crippen LogP contribution in [-0.4, -0.2) is 96.4 Å². The van der Waals surface area contributed by atoms with E-state index in [-0.39, 0.29) is 125 Å². The van der Waals surface area contributed by atoms with Crippen molar-refractivity contribution in [1.82, 2.24) is 0 Å². The molecule has 25 heteroatoms. The molecule has 0 saturated carbocycles. The fourth-order valence-corrected chi connectivity index (χ4v) is 0. The average molecular weight is 739 g/mol. The Bertz CT molecular complexity index is 344. The summed E-state index contributed by atoms with van der Waals surface area (Å²) in [7, 11) is -14.0. The van der Waals surface area contributed by atoms with Crippen LogP contribution in [0.25, 0.3) is 0 Å². The molecule has 20 nitrogen and oxygen atoms in total. The largest absolute Gasteiger partial charge is 0.412 e. The van der Waals surface area contributed by atoms with E-state index in [0.717, 1.165) is 0 Å². The molecule has 0 rings (SSSR count). The van der Waals surface area contributed by atoms with Gasteiger partial charge < -0.3 is 43.8 Å². The first kappa shape index (κ1) is 93.2. The second-order valence-electron chi connectivity index (χ2n) is 1.34. The van der Waals surface area contributed by atoms with Gasteiger partial charge in [-0.1, -0.05) is 0 Å². The Kier molecular flexibility index (Phi) is 151. The van der Waals surface area contributed by atoms with E-state index < -0.39 is 31.2 Å². The third kappa shape index (κ3) is 3860. The van der Waals surface area contributed by atoms with Crippen molar-refractivity contribution >= 4 is 31.2 Å². The van der Waals surface area contributed by atoms with Gasteiger partial charge in [0.15, 0.2) is 0 Å². The maximum absolute atomic E-state index is 8.74. The van der Waals surface area contributed by atoms with Gasteiger partial charge in [0.05, 0.1) is 0 Å². The molecule has 0 bridgehead atoms. The molecule has 0 atom stereocenters. The van der Waals surface area contributed by atoms with Crippen LogP contribution in [0.15, 0.2) is 0 Å². The van der Waals surface area contributed by atoms with Gasteiger partial charge in [-0.25, -0.2) is 0 Å². The van der Waals surface area contributed by atoms with E-state index in [9.17, 15) is 0 Å². The molecular weight excluding hydrogens is 717 g/mol. The minimum absolute atomic E-state index is 0. The third-order valence-corrected chi connectivity index (χ3v) is 0. The molecule has 0 aromatic carbocycles. The van der Waals surface area contributed by atoms with Crippen LogP contribution in [0.3, 0.4) is 0 Å². The van der Waals surface area contributed by atoms with Gasteiger partial charge in [-0.2, -0.15) is 25.3 Å². The smallest absolute Gasteiger partial charge is 0.394 e. The first-order valence-corrected chi connectivity index (χ1v) is 6.29. The van der Waals surface area contributed by atoms with Crippen LogP contribution in [0.2, 0.25) is 0 Å². The van der Waals surface area contributed by atoms with Crippen LogP contribution in [-0.2, 0) is 31.2 Å². The summed E-state index contributed by atoms with van der Waals surface area (Å²) in [5.74, 6) is 0. The van der Waals surface area contributed by atoms with Crippen molar-refractivity contribution in [2.24, 2.45) is 0 Å². The van der Waals surface area contributed by atoms with E-state index >= 15 is 0 Å². The molecular formula is H22O20S3Sm2. The second kappa shape index (κ2) is 40.6. The maximum atomic E-state index is 8.74. The average Bonchev–Trinajstić information content (AvgIpc) is 1.41. The van der Waals surface area contributed by atoms with Crippen molar-refractivity contribution < 1.29 is 177 Å². The zero-order valence-corrected chi connectivity index (χ0v) is 18.9. The summed E-state index contributed by atoms with van der Waals surface area (Å²) >= 11 is 0. The minimum atomic E-state index is -4.67. The van der Waals surface area contributed by atoms with Crippen molar-refractivity contribution in [3.8, 4) is 0 Å². The van der Waals surface area contributed by atoms with Gasteiger partial charge in [-0.15, -0.1) is 0 Å². The van der Waals surface area contributed by atoms with Gasteiger partial charge in [0.2, 0.25) is 0 Å². The predicted molar refractivity (Wildman–Crippen MR) is 71.4 cm³/mol. The van der Waals surface area contributed by atoms with Crippen LogP contribution in [0.1, 0.15) is 0 Å². The normalized spacial score (nSPS) is 6.96. The zero-order chi connectivity index (χ0) is 13.5. The standard InChI is InChI=1S/3H2O4S.8H2O.2Sm/c3*1-5(2,3)4;;;;;;;;;;/h3*(H2,1,2,3,4);8*1H2;;. The maximum Gasteiger partial charge on any atom is 0.394 e. The van der Waals surface area contributed by atoms with Gasteiger partial charge >= 0.3 is 31.2 Å². The Morgan fingerprint density at radius 2 is 0.320 bits per heavy atom. The summed E-state index contributed by atoms with van der Waals surface area (Å²) in [5, 5.41) is 0. The fourth-order valence-electron chi connectivity index (χ4n) is 0. The first-order valence-electron chi connectivity index (χ1n) is 2.10. The van der Waals surface area contributed by atoms with E-state index in [2.05, 4.69) is 0 Å². The number of hydrogen-bond acceptors (Lipinski definition) is 6. The molecule has 0 amide bonds. The third-order valence-electron chi connectivity index (χ3n) is 0. The quantitative estimate of drug-likeness (QED) is 0.126. The van der Waals surface area contributed by atoms with Crippen molar-refractivity contribution in [2.45, 2.75) is 0 Å². The molecule has 0 aromatic rings. The fraction of sp³-hybridized carbons (Fsp3) is 0. The second-order valence-corrected chi connectivity index (χ2v) is 4.03. The van der Waals surface area contributed by atoms with Gasteiger partial charge in [0, 0.05) is 80.8 Å². The SMILES string of the molecule is O.O.O.O.O.O.O.O.O=S(=O)(O)O.O=S(=O)(O)O.O=S(=O)(O)O.[Sm].[Sm]. The van der Waals surface area contributed by atoms with Crippen molar-refractivity contribution in [1.29, 1.82) is 0 Å². The topological polar surface area (TPSA) is 476 Å². The summed E-state index contributed by atoms with van der Waals surface area (Å²) < 4.78 is 94.8. The van der Waals surface area contributed by atoms with Crippen LogP contribution in [0, 0.1) is 80.8 Å². The molecule has 0 fully saturated rings. The summed E-state index contributed by atoms with van der Waals surface area (Å²) in [6.07, 6.45) is 0. The van der Waals surface area contributed by atoms with E-state index in [1.54, 1.807) is 0 Å². The molecule has 0 aliphatic heterocycles. The molecule has 0 radical (unpaired) electrons. The van der Waals surface area contributed by atoms with Crippen LogP contribution < -0.4 is 0 Å². The van der Waals surface area contributed by atoms with Gasteiger partial charge in [-0.3, -0.25) is 27.3 Å². The summed E-state index contributed by atoms with van der Waals surface area (Å²) in [5.41, 5.74) is 0. The van der Waals surface area contributed by atoms with Crippen molar-refractivity contribution in [3.05, 3.63) is 0 Å². The van der Waals surface area contributed by atoms with E-state index in [4.69, 9.17) is 52.6 Å². The Morgan fingerprint density at radius 1 is 0.320 bits per heavy atom. The summed E-state index contributed by atoms with van der Waals surface area (Å²) in [4.78, 5) is 0. The molecule has 0 aromatic heterocycles. The Balaban J connectivity index is -0.00000000655. The minimum Gasteiger partial charge on any atom is -0.412 e. The molecule has 25 heavy (non-hydrogen) atoms. The monoisotopic (exact) mass is 742 g/mol. The van der Waals surface area contributed by atoms with Crippen molar-refractivity contribution in [2.75, 3.05) is 0 Å². The van der Waals surface area contributed by atoms with Gasteiger partial charge in [0.25, 0.3) is 0 Å². The Morgan fingerprint density at radius 3 is 0.320 bits per heavy atom. The molecule has 0 aliphatic rings. The van der Waals surface area contributed by atoms with Gasteiger partial charge in [-0.05, 0) is 0 Å². The molecule has 0 unspecified atom stereocenters. The van der Waals surface area contributed by atoms with Crippen LogP contribution >= 0.6 is 0 Å². The summed E-state index contributed by atoms with van der Waals surface area (Å²) in [6.45, 7) is 0.